The smallest absolute Gasteiger partial charge is 0.407 e. The maximum atomic E-state index is 11.7. The van der Waals surface area contributed by atoms with Gasteiger partial charge in [0, 0.05) is 6.54 Å². The summed E-state index contributed by atoms with van der Waals surface area (Å²) in [7, 11) is 0. The number of benzene rings is 1. The number of amides is 1. The lowest BCUT2D eigenvalue weighted by Gasteiger charge is -2.44. The second-order valence-electron chi connectivity index (χ2n) is 6.51. The van der Waals surface area contributed by atoms with Crippen molar-refractivity contribution in [3.63, 3.8) is 0 Å². The second kappa shape index (κ2) is 5.99. The zero-order valence-electron chi connectivity index (χ0n) is 12.5. The minimum absolute atomic E-state index is 0.152. The molecule has 22 heavy (non-hydrogen) atoms. The van der Waals surface area contributed by atoms with E-state index in [-0.39, 0.29) is 13.2 Å². The number of carboxylic acids is 1. The molecule has 0 unspecified atom stereocenters. The summed E-state index contributed by atoms with van der Waals surface area (Å²) in [6.45, 7) is 0.344. The van der Waals surface area contributed by atoms with Crippen molar-refractivity contribution in [2.45, 2.75) is 32.3 Å². The molecule has 1 aromatic carbocycles. The van der Waals surface area contributed by atoms with Crippen LogP contribution < -0.4 is 5.32 Å². The van der Waals surface area contributed by atoms with Gasteiger partial charge < -0.3 is 15.2 Å². The largest absolute Gasteiger partial charge is 0.481 e. The Kier molecular flexibility index (Phi) is 4.05. The Hall–Kier alpha value is -2.04. The quantitative estimate of drug-likeness (QED) is 0.847. The van der Waals surface area contributed by atoms with Crippen molar-refractivity contribution in [2.24, 2.45) is 17.3 Å². The number of hydrogen-bond donors (Lipinski definition) is 2. The average molecular weight is 303 g/mol. The van der Waals surface area contributed by atoms with Gasteiger partial charge in [0.15, 0.2) is 0 Å². The number of aliphatic carboxylic acids is 1. The molecule has 5 heteroatoms. The fourth-order valence-corrected chi connectivity index (χ4v) is 3.26. The van der Waals surface area contributed by atoms with E-state index in [2.05, 4.69) is 5.32 Å². The summed E-state index contributed by atoms with van der Waals surface area (Å²) in [6, 6.07) is 9.40. The third kappa shape index (κ3) is 3.24. The molecule has 5 nitrogen and oxygen atoms in total. The number of rotatable bonds is 6. The zero-order valence-corrected chi connectivity index (χ0v) is 12.5. The van der Waals surface area contributed by atoms with Gasteiger partial charge in [0.2, 0.25) is 0 Å². The van der Waals surface area contributed by atoms with E-state index in [0.717, 1.165) is 11.5 Å². The molecule has 1 aromatic rings. The molecular weight excluding hydrogens is 282 g/mol. The Bertz CT molecular complexity index is 547. The fourth-order valence-electron chi connectivity index (χ4n) is 3.26. The van der Waals surface area contributed by atoms with Gasteiger partial charge in [-0.15, -0.1) is 0 Å². The maximum absolute atomic E-state index is 11.7. The van der Waals surface area contributed by atoms with Crippen LogP contribution in [0.15, 0.2) is 30.3 Å². The molecule has 3 rings (SSSR count). The van der Waals surface area contributed by atoms with Crippen LogP contribution in [-0.2, 0) is 16.1 Å². The van der Waals surface area contributed by atoms with Crippen LogP contribution in [0.4, 0.5) is 4.79 Å². The lowest BCUT2D eigenvalue weighted by atomic mass is 9.60. The van der Waals surface area contributed by atoms with Gasteiger partial charge in [0.05, 0.1) is 5.41 Å². The van der Waals surface area contributed by atoms with Crippen LogP contribution in [0, 0.1) is 17.3 Å². The van der Waals surface area contributed by atoms with E-state index in [9.17, 15) is 14.7 Å². The van der Waals surface area contributed by atoms with E-state index in [0.29, 0.717) is 18.8 Å². The first-order valence-corrected chi connectivity index (χ1v) is 7.77. The fraction of sp³-hybridized carbons (Fsp3) is 0.529. The van der Waals surface area contributed by atoms with E-state index < -0.39 is 17.5 Å². The van der Waals surface area contributed by atoms with Crippen LogP contribution in [0.1, 0.15) is 31.2 Å². The van der Waals surface area contributed by atoms with Crippen molar-refractivity contribution >= 4 is 12.1 Å². The van der Waals surface area contributed by atoms with E-state index in [1.54, 1.807) is 0 Å². The minimum atomic E-state index is -0.812. The topological polar surface area (TPSA) is 75.6 Å². The van der Waals surface area contributed by atoms with Gasteiger partial charge in [0.1, 0.15) is 6.61 Å². The summed E-state index contributed by atoms with van der Waals surface area (Å²) in [5, 5.41) is 12.0. The molecule has 0 heterocycles. The standard InChI is InChI=1S/C17H21NO4/c19-15(20)17(8-14(9-17)13-6-7-13)11-18-16(21)22-10-12-4-2-1-3-5-12/h1-5,13-14H,6-11H2,(H,18,21)(H,19,20). The number of carbonyl (C=O) groups is 2. The molecule has 0 aromatic heterocycles. The first kappa shape index (κ1) is 14.9. The molecule has 0 atom stereocenters. The van der Waals surface area contributed by atoms with Gasteiger partial charge >= 0.3 is 12.1 Å². The SMILES string of the molecule is O=C(NCC1(C(=O)O)CC(C2CC2)C1)OCc1ccccc1. The predicted molar refractivity (Wildman–Crippen MR) is 80.1 cm³/mol. The Morgan fingerprint density at radius 1 is 1.18 bits per heavy atom. The van der Waals surface area contributed by atoms with E-state index >= 15 is 0 Å². The summed E-state index contributed by atoms with van der Waals surface area (Å²) < 4.78 is 5.12. The third-order valence-electron chi connectivity index (χ3n) is 4.83. The van der Waals surface area contributed by atoms with Crippen LogP contribution in [0.3, 0.4) is 0 Å². The molecule has 1 amide bonds. The number of carbonyl (C=O) groups excluding carboxylic acids is 1. The summed E-state index contributed by atoms with van der Waals surface area (Å²) in [6.07, 6.45) is 3.25. The number of alkyl carbamates (subject to hydrolysis) is 1. The molecule has 118 valence electrons. The first-order chi connectivity index (χ1) is 10.6. The summed E-state index contributed by atoms with van der Waals surface area (Å²) in [4.78, 5) is 23.2. The summed E-state index contributed by atoms with van der Waals surface area (Å²) >= 11 is 0. The number of carboxylic acid groups (broad SMARTS) is 1. The molecule has 0 saturated heterocycles. The minimum Gasteiger partial charge on any atom is -0.481 e. The predicted octanol–water partition coefficient (Wildman–Crippen LogP) is 2.80. The van der Waals surface area contributed by atoms with Gasteiger partial charge in [0.25, 0.3) is 0 Å². The Morgan fingerprint density at radius 2 is 1.86 bits per heavy atom. The molecule has 0 bridgehead atoms. The van der Waals surface area contributed by atoms with Crippen LogP contribution >= 0.6 is 0 Å². The lowest BCUT2D eigenvalue weighted by molar-refractivity contribution is -0.158. The molecule has 0 radical (unpaired) electrons. The van der Waals surface area contributed by atoms with Crippen molar-refractivity contribution in [1.29, 1.82) is 0 Å². The monoisotopic (exact) mass is 303 g/mol. The lowest BCUT2D eigenvalue weighted by Crippen LogP contribution is -2.52. The van der Waals surface area contributed by atoms with Gasteiger partial charge in [-0.1, -0.05) is 30.3 Å². The molecule has 2 aliphatic rings. The molecule has 2 fully saturated rings. The van der Waals surface area contributed by atoms with Crippen LogP contribution in [0.25, 0.3) is 0 Å². The summed E-state index contributed by atoms with van der Waals surface area (Å²) in [5.74, 6) is 0.434. The van der Waals surface area contributed by atoms with E-state index in [4.69, 9.17) is 4.74 Å². The van der Waals surface area contributed by atoms with Gasteiger partial charge in [-0.05, 0) is 43.1 Å². The molecule has 2 N–H and O–H groups in total. The Morgan fingerprint density at radius 3 is 2.45 bits per heavy atom. The highest BCUT2D eigenvalue weighted by atomic mass is 16.5. The number of ether oxygens (including phenoxy) is 1. The normalized spacial score (nSPS) is 26.8. The summed E-state index contributed by atoms with van der Waals surface area (Å²) in [5.41, 5.74) is 0.113. The Balaban J connectivity index is 1.44. The molecule has 2 saturated carbocycles. The van der Waals surface area contributed by atoms with Gasteiger partial charge in [-0.3, -0.25) is 4.79 Å². The molecule has 0 aliphatic heterocycles. The maximum Gasteiger partial charge on any atom is 0.407 e. The third-order valence-corrected chi connectivity index (χ3v) is 4.83. The highest BCUT2D eigenvalue weighted by Gasteiger charge is 2.54. The highest BCUT2D eigenvalue weighted by molar-refractivity contribution is 5.77. The zero-order chi connectivity index (χ0) is 15.6. The van der Waals surface area contributed by atoms with Crippen molar-refractivity contribution in [3.8, 4) is 0 Å². The number of hydrogen-bond acceptors (Lipinski definition) is 3. The van der Waals surface area contributed by atoms with E-state index in [1.165, 1.54) is 12.8 Å². The van der Waals surface area contributed by atoms with Gasteiger partial charge in [-0.25, -0.2) is 4.79 Å². The van der Waals surface area contributed by atoms with Crippen LogP contribution in [0.2, 0.25) is 0 Å². The molecule has 0 spiro atoms. The highest BCUT2D eigenvalue weighted by Crippen LogP contribution is 2.55. The first-order valence-electron chi connectivity index (χ1n) is 7.77. The van der Waals surface area contributed by atoms with Crippen molar-refractivity contribution in [2.75, 3.05) is 6.54 Å². The van der Waals surface area contributed by atoms with Crippen molar-refractivity contribution in [3.05, 3.63) is 35.9 Å². The van der Waals surface area contributed by atoms with Crippen LogP contribution in [-0.4, -0.2) is 23.7 Å². The van der Waals surface area contributed by atoms with Crippen molar-refractivity contribution in [1.82, 2.24) is 5.32 Å². The average Bonchev–Trinajstić information content (AvgIpc) is 3.29. The van der Waals surface area contributed by atoms with E-state index in [1.807, 2.05) is 30.3 Å². The number of nitrogens with one attached hydrogen (secondary N) is 1. The Labute approximate surface area is 129 Å². The van der Waals surface area contributed by atoms with Crippen molar-refractivity contribution < 1.29 is 19.4 Å². The second-order valence-corrected chi connectivity index (χ2v) is 6.51. The molecular formula is C17H21NO4. The van der Waals surface area contributed by atoms with Crippen LogP contribution in [0.5, 0.6) is 0 Å². The molecule has 2 aliphatic carbocycles. The van der Waals surface area contributed by atoms with Gasteiger partial charge in [-0.2, -0.15) is 0 Å².